The molecule has 0 saturated heterocycles. The molecule has 142 valence electrons. The Morgan fingerprint density at radius 2 is 1.43 bits per heavy atom. The monoisotopic (exact) mass is 384 g/mol. The van der Waals surface area contributed by atoms with Crippen molar-refractivity contribution in [3.8, 4) is 6.07 Å². The maximum absolute atomic E-state index is 9.92. The van der Waals surface area contributed by atoms with Gasteiger partial charge in [-0.1, -0.05) is 49.4 Å². The van der Waals surface area contributed by atoms with Gasteiger partial charge < -0.3 is 4.40 Å². The highest BCUT2D eigenvalue weighted by molar-refractivity contribution is 6.20. The highest BCUT2D eigenvalue weighted by atomic mass is 14.9. The number of nitriles is 1. The van der Waals surface area contributed by atoms with Crippen molar-refractivity contribution < 1.29 is 0 Å². The van der Waals surface area contributed by atoms with Crippen LogP contribution in [0.1, 0.15) is 23.6 Å². The number of hydrogen-bond donors (Lipinski definition) is 0. The van der Waals surface area contributed by atoms with Gasteiger partial charge in [0.2, 0.25) is 0 Å². The smallest absolute Gasteiger partial charge is 0.0997 e. The molecule has 0 saturated carbocycles. The van der Waals surface area contributed by atoms with Crippen molar-refractivity contribution in [2.45, 2.75) is 20.3 Å². The van der Waals surface area contributed by atoms with E-state index in [0.717, 1.165) is 23.1 Å². The first-order valence-corrected chi connectivity index (χ1v) is 10.4. The van der Waals surface area contributed by atoms with Crippen molar-refractivity contribution >= 4 is 48.9 Å². The maximum Gasteiger partial charge on any atom is 0.0997 e. The first-order chi connectivity index (χ1) is 14.7. The summed E-state index contributed by atoms with van der Waals surface area (Å²) >= 11 is 0. The zero-order chi connectivity index (χ0) is 20.4. The largest absolute Gasteiger partial charge is 0.309 e. The number of para-hydroxylation sites is 1. The van der Waals surface area contributed by atoms with E-state index >= 15 is 0 Å². The van der Waals surface area contributed by atoms with Crippen molar-refractivity contribution in [1.82, 2.24) is 4.40 Å². The Morgan fingerprint density at radius 3 is 2.13 bits per heavy atom. The summed E-state index contributed by atoms with van der Waals surface area (Å²) in [6.45, 7) is 4.23. The Bertz CT molecular complexity index is 1690. The van der Waals surface area contributed by atoms with E-state index in [1.165, 1.54) is 48.9 Å². The van der Waals surface area contributed by atoms with Crippen LogP contribution in [0.25, 0.3) is 48.9 Å². The second-order valence-electron chi connectivity index (χ2n) is 8.06. The summed E-state index contributed by atoms with van der Waals surface area (Å²) in [5, 5.41) is 17.2. The highest BCUT2D eigenvalue weighted by Crippen LogP contribution is 2.39. The first kappa shape index (κ1) is 17.1. The van der Waals surface area contributed by atoms with E-state index in [1.807, 2.05) is 0 Å². The molecule has 6 rings (SSSR count). The molecule has 30 heavy (non-hydrogen) atoms. The Labute approximate surface area is 174 Å². The summed E-state index contributed by atoms with van der Waals surface area (Å²) in [5.41, 5.74) is 6.61. The van der Waals surface area contributed by atoms with Gasteiger partial charge in [0.15, 0.2) is 0 Å². The number of aryl methyl sites for hydroxylation is 2. The summed E-state index contributed by atoms with van der Waals surface area (Å²) in [4.78, 5) is 0. The van der Waals surface area contributed by atoms with Gasteiger partial charge in [0.05, 0.1) is 28.2 Å². The molecule has 4 aromatic carbocycles. The minimum atomic E-state index is 0.815. The van der Waals surface area contributed by atoms with Crippen LogP contribution < -0.4 is 0 Å². The van der Waals surface area contributed by atoms with E-state index in [0.29, 0.717) is 0 Å². The van der Waals surface area contributed by atoms with Crippen LogP contribution in [0.2, 0.25) is 0 Å². The Hall–Kier alpha value is -3.83. The van der Waals surface area contributed by atoms with Gasteiger partial charge in [-0.05, 0) is 71.0 Å². The van der Waals surface area contributed by atoms with Gasteiger partial charge in [0.25, 0.3) is 0 Å². The van der Waals surface area contributed by atoms with Crippen LogP contribution in [0.5, 0.6) is 0 Å². The van der Waals surface area contributed by atoms with Gasteiger partial charge in [0, 0.05) is 16.2 Å². The topological polar surface area (TPSA) is 28.2 Å². The molecule has 0 radical (unpaired) electrons. The third-order valence-corrected chi connectivity index (χ3v) is 6.51. The minimum absolute atomic E-state index is 0.815. The number of aromatic nitrogens is 1. The lowest BCUT2D eigenvalue weighted by Crippen LogP contribution is -1.99. The molecule has 2 heterocycles. The van der Waals surface area contributed by atoms with E-state index in [4.69, 9.17) is 0 Å². The summed E-state index contributed by atoms with van der Waals surface area (Å²) in [6.07, 6.45) is 0.843. The molecule has 0 fully saturated rings. The van der Waals surface area contributed by atoms with Crippen molar-refractivity contribution in [2.75, 3.05) is 0 Å². The Balaban J connectivity index is 2.01. The van der Waals surface area contributed by atoms with Crippen molar-refractivity contribution in [1.29, 1.82) is 5.26 Å². The normalized spacial score (nSPS) is 11.8. The fourth-order valence-electron chi connectivity index (χ4n) is 5.09. The second kappa shape index (κ2) is 6.08. The lowest BCUT2D eigenvalue weighted by molar-refractivity contribution is 1.12. The Morgan fingerprint density at radius 1 is 0.767 bits per heavy atom. The molecule has 0 spiro atoms. The summed E-state index contributed by atoms with van der Waals surface area (Å²) in [6, 6.07) is 28.7. The van der Waals surface area contributed by atoms with Crippen LogP contribution in [0.3, 0.4) is 0 Å². The molecular weight excluding hydrogens is 364 g/mol. The van der Waals surface area contributed by atoms with Crippen molar-refractivity contribution in [2.24, 2.45) is 0 Å². The van der Waals surface area contributed by atoms with Crippen LogP contribution in [-0.2, 0) is 6.42 Å². The molecule has 0 bridgehead atoms. The minimum Gasteiger partial charge on any atom is -0.309 e. The molecule has 6 aromatic rings. The van der Waals surface area contributed by atoms with Gasteiger partial charge in [-0.2, -0.15) is 5.26 Å². The van der Waals surface area contributed by atoms with Crippen LogP contribution in [-0.4, -0.2) is 4.40 Å². The number of fused-ring (bicyclic) bond motifs is 9. The third-order valence-electron chi connectivity index (χ3n) is 6.51. The third kappa shape index (κ3) is 2.12. The fraction of sp³-hybridized carbons (Fsp3) is 0.107. The lowest BCUT2D eigenvalue weighted by Gasteiger charge is -2.16. The summed E-state index contributed by atoms with van der Waals surface area (Å²) in [7, 11) is 0. The van der Waals surface area contributed by atoms with Crippen molar-refractivity contribution in [3.05, 3.63) is 89.5 Å². The average molecular weight is 384 g/mol. The molecule has 2 nitrogen and oxygen atoms in total. The molecule has 0 aliphatic rings. The molecule has 0 amide bonds. The van der Waals surface area contributed by atoms with Crippen LogP contribution in [0.4, 0.5) is 0 Å². The number of benzene rings is 4. The zero-order valence-electron chi connectivity index (χ0n) is 17.0. The molecule has 2 aromatic heterocycles. The molecule has 2 heteroatoms. The summed E-state index contributed by atoms with van der Waals surface area (Å²) in [5.74, 6) is 0. The standard InChI is InChI=1S/C28H20N2/c1-3-18-14-27-28(17(2)24(18)16-29)23-13-20-9-5-4-8-19(20)12-22(23)26-15-21-10-6-7-11-25(21)30(26)27/h4-15H,3H2,1-2H3. The van der Waals surface area contributed by atoms with Gasteiger partial charge in [-0.15, -0.1) is 0 Å². The molecule has 0 aliphatic carbocycles. The van der Waals surface area contributed by atoms with Crippen LogP contribution in [0.15, 0.2) is 72.8 Å². The second-order valence-corrected chi connectivity index (χ2v) is 8.06. The fourth-order valence-corrected chi connectivity index (χ4v) is 5.09. The summed E-state index contributed by atoms with van der Waals surface area (Å²) < 4.78 is 2.38. The van der Waals surface area contributed by atoms with E-state index in [2.05, 4.69) is 97.1 Å². The average Bonchev–Trinajstić information content (AvgIpc) is 3.17. The number of hydrogen-bond acceptors (Lipinski definition) is 1. The predicted octanol–water partition coefficient (Wildman–Crippen LogP) is 7.29. The molecule has 0 aliphatic heterocycles. The van der Waals surface area contributed by atoms with E-state index in [1.54, 1.807) is 0 Å². The van der Waals surface area contributed by atoms with Gasteiger partial charge >= 0.3 is 0 Å². The van der Waals surface area contributed by atoms with E-state index in [-0.39, 0.29) is 0 Å². The zero-order valence-corrected chi connectivity index (χ0v) is 17.0. The number of rotatable bonds is 1. The van der Waals surface area contributed by atoms with Gasteiger partial charge in [0.1, 0.15) is 0 Å². The quantitative estimate of drug-likeness (QED) is 0.216. The molecule has 0 atom stereocenters. The van der Waals surface area contributed by atoms with Crippen molar-refractivity contribution in [3.63, 3.8) is 0 Å². The predicted molar refractivity (Wildman–Crippen MR) is 126 cm³/mol. The number of pyridine rings is 1. The van der Waals surface area contributed by atoms with Crippen LogP contribution >= 0.6 is 0 Å². The van der Waals surface area contributed by atoms with Gasteiger partial charge in [-0.25, -0.2) is 0 Å². The first-order valence-electron chi connectivity index (χ1n) is 10.4. The Kier molecular flexibility index (Phi) is 3.46. The van der Waals surface area contributed by atoms with E-state index in [9.17, 15) is 5.26 Å². The molecule has 0 N–H and O–H groups in total. The SMILES string of the molecule is CCc1cc2c(c(C)c1C#N)c1cc3ccccc3cc1c1cc3ccccc3n12. The van der Waals surface area contributed by atoms with Crippen LogP contribution in [0, 0.1) is 18.3 Å². The highest BCUT2D eigenvalue weighted by Gasteiger charge is 2.18. The maximum atomic E-state index is 9.92. The number of nitrogens with zero attached hydrogens (tertiary/aromatic N) is 2. The van der Waals surface area contributed by atoms with E-state index < -0.39 is 0 Å². The lowest BCUT2D eigenvalue weighted by atomic mass is 9.92. The molecule has 0 unspecified atom stereocenters. The molecular formula is C28H20N2. The van der Waals surface area contributed by atoms with Gasteiger partial charge in [-0.3, -0.25) is 0 Å².